The quantitative estimate of drug-likeness (QED) is 0.345. The molecule has 4 N–H and O–H groups in total. The highest BCUT2D eigenvalue weighted by atomic mass is 16.5. The molecule has 10 heavy (non-hydrogen) atoms. The fraction of sp³-hybridized carbons (Fsp3) is 0.667. The second-order valence-corrected chi connectivity index (χ2v) is 1.57. The van der Waals surface area contributed by atoms with Gasteiger partial charge in [-0.2, -0.15) is 0 Å². The average molecular weight is 150 g/mol. The minimum absolute atomic E-state index is 0.195. The highest BCUT2D eigenvalue weighted by molar-refractivity contribution is 4.54. The lowest BCUT2D eigenvalue weighted by atomic mass is 10.3. The summed E-state index contributed by atoms with van der Waals surface area (Å²) in [5, 5.41) is 31.0. The molecule has 0 aliphatic heterocycles. The molecule has 0 radical (unpaired) electrons. The van der Waals surface area contributed by atoms with Gasteiger partial charge in [-0.3, -0.25) is 0 Å². The maximum atomic E-state index is 8.09. The van der Waals surface area contributed by atoms with Crippen LogP contribution in [0.4, 0.5) is 0 Å². The van der Waals surface area contributed by atoms with Crippen LogP contribution in [0.15, 0.2) is 12.5 Å². The van der Waals surface area contributed by atoms with Gasteiger partial charge in [0.2, 0.25) is 0 Å². The SMILES string of the molecule is C=C(O)O.OCCCCO. The van der Waals surface area contributed by atoms with Crippen LogP contribution in [0.3, 0.4) is 0 Å². The molecule has 0 aliphatic carbocycles. The van der Waals surface area contributed by atoms with Crippen molar-refractivity contribution >= 4 is 0 Å². The van der Waals surface area contributed by atoms with Gasteiger partial charge in [-0.25, -0.2) is 0 Å². The Balaban J connectivity index is 0. The zero-order valence-corrected chi connectivity index (χ0v) is 5.82. The van der Waals surface area contributed by atoms with Crippen LogP contribution in [0, 0.1) is 0 Å². The van der Waals surface area contributed by atoms with Crippen LogP contribution in [-0.4, -0.2) is 33.6 Å². The molecule has 0 aromatic rings. The van der Waals surface area contributed by atoms with Gasteiger partial charge in [-0.05, 0) is 19.4 Å². The lowest BCUT2D eigenvalue weighted by molar-refractivity contribution is 0.194. The van der Waals surface area contributed by atoms with Crippen molar-refractivity contribution in [2.75, 3.05) is 13.2 Å². The van der Waals surface area contributed by atoms with E-state index in [0.717, 1.165) is 12.8 Å². The molecular formula is C6H14O4. The molecule has 0 spiro atoms. The summed E-state index contributed by atoms with van der Waals surface area (Å²) in [4.78, 5) is 0. The minimum Gasteiger partial charge on any atom is -0.482 e. The van der Waals surface area contributed by atoms with Crippen molar-refractivity contribution < 1.29 is 20.4 Å². The van der Waals surface area contributed by atoms with Crippen molar-refractivity contribution in [3.8, 4) is 0 Å². The topological polar surface area (TPSA) is 80.9 Å². The molecule has 0 saturated carbocycles. The highest BCUT2D eigenvalue weighted by Gasteiger charge is 1.77. The monoisotopic (exact) mass is 150 g/mol. The molecule has 0 amide bonds. The van der Waals surface area contributed by atoms with Crippen molar-refractivity contribution in [1.82, 2.24) is 0 Å². The van der Waals surface area contributed by atoms with Crippen molar-refractivity contribution in [3.63, 3.8) is 0 Å². The molecule has 0 bridgehead atoms. The molecule has 0 saturated heterocycles. The maximum Gasteiger partial charge on any atom is 0.266 e. The Bertz CT molecular complexity index is 64.1. The molecule has 4 nitrogen and oxygen atoms in total. The predicted octanol–water partition coefficient (Wildman–Crippen LogP) is 0.325. The summed E-state index contributed by atoms with van der Waals surface area (Å²) in [5.41, 5.74) is 0. The third kappa shape index (κ3) is 55.7. The van der Waals surface area contributed by atoms with Crippen LogP contribution in [0.1, 0.15) is 12.8 Å². The lowest BCUT2D eigenvalue weighted by Crippen LogP contribution is -1.85. The van der Waals surface area contributed by atoms with Crippen molar-refractivity contribution in [2.45, 2.75) is 12.8 Å². The number of aliphatic hydroxyl groups is 4. The Morgan fingerprint density at radius 2 is 1.20 bits per heavy atom. The van der Waals surface area contributed by atoms with E-state index in [-0.39, 0.29) is 13.2 Å². The van der Waals surface area contributed by atoms with Crippen LogP contribution in [0.25, 0.3) is 0 Å². The van der Waals surface area contributed by atoms with Gasteiger partial charge in [0, 0.05) is 13.2 Å². The van der Waals surface area contributed by atoms with Gasteiger partial charge in [0.25, 0.3) is 5.95 Å². The molecule has 4 heteroatoms. The largest absolute Gasteiger partial charge is 0.482 e. The van der Waals surface area contributed by atoms with Gasteiger partial charge in [0.15, 0.2) is 0 Å². The normalized spacial score (nSPS) is 7.80. The van der Waals surface area contributed by atoms with E-state index in [2.05, 4.69) is 6.58 Å². The van der Waals surface area contributed by atoms with E-state index in [0.29, 0.717) is 0 Å². The van der Waals surface area contributed by atoms with Gasteiger partial charge in [0.1, 0.15) is 0 Å². The van der Waals surface area contributed by atoms with Crippen molar-refractivity contribution in [3.05, 3.63) is 12.5 Å². The molecule has 0 fully saturated rings. The molecule has 0 unspecified atom stereocenters. The first kappa shape index (κ1) is 12.0. The molecule has 0 rings (SSSR count). The molecule has 0 aliphatic rings. The summed E-state index contributed by atoms with van der Waals surface area (Å²) < 4.78 is 0. The van der Waals surface area contributed by atoms with E-state index in [1.165, 1.54) is 0 Å². The maximum absolute atomic E-state index is 8.09. The van der Waals surface area contributed by atoms with E-state index in [1.807, 2.05) is 0 Å². The number of aliphatic hydroxyl groups excluding tert-OH is 3. The fourth-order valence-electron chi connectivity index (χ4n) is 0.224. The van der Waals surface area contributed by atoms with Crippen LogP contribution in [0.2, 0.25) is 0 Å². The van der Waals surface area contributed by atoms with Gasteiger partial charge in [-0.1, -0.05) is 0 Å². The van der Waals surface area contributed by atoms with Gasteiger partial charge in [0.05, 0.1) is 0 Å². The van der Waals surface area contributed by atoms with Crippen LogP contribution >= 0.6 is 0 Å². The minimum atomic E-state index is -0.833. The third-order valence-corrected chi connectivity index (χ3v) is 0.566. The summed E-state index contributed by atoms with van der Waals surface area (Å²) >= 11 is 0. The number of unbranched alkanes of at least 4 members (excludes halogenated alkanes) is 1. The standard InChI is InChI=1S/C4H10O2.C2H4O2/c5-3-1-2-4-6;1-2(3)4/h5-6H,1-4H2;3-4H,1H2. The van der Waals surface area contributed by atoms with E-state index in [9.17, 15) is 0 Å². The van der Waals surface area contributed by atoms with E-state index in [4.69, 9.17) is 20.4 Å². The van der Waals surface area contributed by atoms with Gasteiger partial charge < -0.3 is 20.4 Å². The first-order valence-electron chi connectivity index (χ1n) is 2.93. The second-order valence-electron chi connectivity index (χ2n) is 1.57. The summed E-state index contributed by atoms with van der Waals surface area (Å²) in [6.07, 6.45) is 1.44. The molecule has 0 heterocycles. The van der Waals surface area contributed by atoms with Gasteiger partial charge >= 0.3 is 0 Å². The van der Waals surface area contributed by atoms with Crippen LogP contribution in [-0.2, 0) is 0 Å². The van der Waals surface area contributed by atoms with E-state index in [1.54, 1.807) is 0 Å². The molecule has 0 aromatic carbocycles. The zero-order valence-electron chi connectivity index (χ0n) is 5.82. The van der Waals surface area contributed by atoms with Crippen molar-refractivity contribution in [1.29, 1.82) is 0 Å². The van der Waals surface area contributed by atoms with Gasteiger partial charge in [-0.15, -0.1) is 0 Å². The molecule has 0 aromatic heterocycles. The Morgan fingerprint density at radius 1 is 1.00 bits per heavy atom. The smallest absolute Gasteiger partial charge is 0.266 e. The van der Waals surface area contributed by atoms with E-state index >= 15 is 0 Å². The van der Waals surface area contributed by atoms with E-state index < -0.39 is 5.95 Å². The first-order chi connectivity index (χ1) is 4.65. The lowest BCUT2D eigenvalue weighted by Gasteiger charge is -1.85. The molecule has 62 valence electrons. The Hall–Kier alpha value is -0.740. The Labute approximate surface area is 60.1 Å². The first-order valence-corrected chi connectivity index (χ1v) is 2.93. The van der Waals surface area contributed by atoms with Crippen LogP contribution in [0.5, 0.6) is 0 Å². The Kier molecular flexibility index (Phi) is 13.3. The zero-order chi connectivity index (χ0) is 8.41. The summed E-state index contributed by atoms with van der Waals surface area (Å²) in [6, 6.07) is 0. The average Bonchev–Trinajstić information content (AvgIpc) is 1.82. The predicted molar refractivity (Wildman–Crippen MR) is 37.8 cm³/mol. The number of rotatable bonds is 3. The number of hydrogen-bond acceptors (Lipinski definition) is 4. The molecular weight excluding hydrogens is 136 g/mol. The second kappa shape index (κ2) is 11.1. The summed E-state index contributed by atoms with van der Waals surface area (Å²) in [5.74, 6) is -0.833. The fourth-order valence-corrected chi connectivity index (χ4v) is 0.224. The highest BCUT2D eigenvalue weighted by Crippen LogP contribution is 1.80. The summed E-state index contributed by atoms with van der Waals surface area (Å²) in [6.45, 7) is 3.06. The molecule has 0 atom stereocenters. The number of hydrogen-bond donors (Lipinski definition) is 4. The van der Waals surface area contributed by atoms with Crippen molar-refractivity contribution in [2.24, 2.45) is 0 Å². The third-order valence-electron chi connectivity index (χ3n) is 0.566. The Morgan fingerprint density at radius 3 is 1.30 bits per heavy atom. The van der Waals surface area contributed by atoms with Crippen LogP contribution < -0.4 is 0 Å². The summed E-state index contributed by atoms with van der Waals surface area (Å²) in [7, 11) is 0.